The molecule has 0 radical (unpaired) electrons. The van der Waals surface area contributed by atoms with Gasteiger partial charge in [-0.05, 0) is 79.6 Å². The predicted molar refractivity (Wildman–Crippen MR) is 107 cm³/mol. The van der Waals surface area contributed by atoms with Gasteiger partial charge in [-0.3, -0.25) is 9.59 Å². The van der Waals surface area contributed by atoms with Crippen LogP contribution in [-0.4, -0.2) is 36.9 Å². The van der Waals surface area contributed by atoms with Crippen LogP contribution in [0.2, 0.25) is 0 Å². The van der Waals surface area contributed by atoms with Crippen molar-refractivity contribution in [3.05, 3.63) is 11.6 Å². The van der Waals surface area contributed by atoms with Crippen molar-refractivity contribution in [1.29, 1.82) is 0 Å². The van der Waals surface area contributed by atoms with Crippen LogP contribution in [0, 0.1) is 34.5 Å². The summed E-state index contributed by atoms with van der Waals surface area (Å²) < 4.78 is 0. The monoisotopic (exact) mass is 370 g/mol. The van der Waals surface area contributed by atoms with E-state index in [0.717, 1.165) is 43.6 Å². The molecule has 4 aliphatic rings. The van der Waals surface area contributed by atoms with E-state index < -0.39 is 0 Å². The first-order valence-corrected chi connectivity index (χ1v) is 10.7. The summed E-state index contributed by atoms with van der Waals surface area (Å²) in [6.45, 7) is 4.86. The Labute approximate surface area is 163 Å². The summed E-state index contributed by atoms with van der Waals surface area (Å²) in [5.74, 6) is 2.74. The third-order valence-corrected chi connectivity index (χ3v) is 8.76. The van der Waals surface area contributed by atoms with Gasteiger partial charge in [-0.2, -0.15) is 5.10 Å². The highest BCUT2D eigenvalue weighted by Crippen LogP contribution is 2.66. The maximum atomic E-state index is 12.0. The van der Waals surface area contributed by atoms with E-state index in [1.54, 1.807) is 5.01 Å². The van der Waals surface area contributed by atoms with Crippen molar-refractivity contribution in [3.8, 4) is 0 Å². The average molecular weight is 371 g/mol. The van der Waals surface area contributed by atoms with Gasteiger partial charge in [0.15, 0.2) is 12.1 Å². The van der Waals surface area contributed by atoms with Crippen LogP contribution in [0.5, 0.6) is 0 Å². The van der Waals surface area contributed by atoms with Crippen molar-refractivity contribution >= 4 is 17.8 Å². The minimum absolute atomic E-state index is 0.193. The van der Waals surface area contributed by atoms with E-state index >= 15 is 0 Å². The van der Waals surface area contributed by atoms with Gasteiger partial charge in [-0.15, -0.1) is 0 Å². The predicted octanol–water partition coefficient (Wildman–Crippen LogP) is 4.25. The number of hydrogen-bond acceptors (Lipinski definition) is 4. The second-order valence-corrected chi connectivity index (χ2v) is 10.1. The summed E-state index contributed by atoms with van der Waals surface area (Å²) in [7, 11) is 3.80. The standard InChI is InChI=1S/C23H34N2O2/c1-22-11-9-16(27)13-15(22)5-6-17-18-7-8-20(21(14-26)24-25(3)4)23(18,2)12-10-19(17)22/h13-14,17-20H,5-12H2,1-4H3/b24-21+/t17?,18?,19?,20?,22-,23-/m0/s1. The Balaban J connectivity index is 1.64. The zero-order chi connectivity index (χ0) is 19.4. The van der Waals surface area contributed by atoms with Gasteiger partial charge in [-0.1, -0.05) is 19.4 Å². The summed E-state index contributed by atoms with van der Waals surface area (Å²) in [6.07, 6.45) is 11.8. The summed E-state index contributed by atoms with van der Waals surface area (Å²) in [5, 5.41) is 6.31. The molecule has 3 saturated carbocycles. The fourth-order valence-corrected chi connectivity index (χ4v) is 7.45. The van der Waals surface area contributed by atoms with Crippen molar-refractivity contribution in [3.63, 3.8) is 0 Å². The molecule has 0 aliphatic heterocycles. The fourth-order valence-electron chi connectivity index (χ4n) is 7.45. The Bertz CT molecular complexity index is 709. The smallest absolute Gasteiger partial charge is 0.166 e. The SMILES string of the molecule is CN(C)/N=C(\C=O)C1CCC2C3CCC4=CC(=O)CC[C@]4(C)C3CC[C@]12C. The molecule has 3 fully saturated rings. The number of hydrazone groups is 1. The first-order valence-electron chi connectivity index (χ1n) is 10.7. The molecule has 4 heteroatoms. The van der Waals surface area contributed by atoms with Crippen LogP contribution in [0.4, 0.5) is 0 Å². The molecule has 4 nitrogen and oxygen atoms in total. The third kappa shape index (κ3) is 2.82. The highest BCUT2D eigenvalue weighted by molar-refractivity contribution is 6.29. The van der Waals surface area contributed by atoms with Gasteiger partial charge < -0.3 is 5.01 Å². The van der Waals surface area contributed by atoms with Crippen molar-refractivity contribution in [2.45, 2.75) is 65.2 Å². The second kappa shape index (κ2) is 6.56. The van der Waals surface area contributed by atoms with Crippen molar-refractivity contribution in [1.82, 2.24) is 5.01 Å². The summed E-state index contributed by atoms with van der Waals surface area (Å²) in [5.41, 5.74) is 2.59. The van der Waals surface area contributed by atoms with Crippen LogP contribution in [0.1, 0.15) is 65.2 Å². The number of hydrogen-bond donors (Lipinski definition) is 0. The van der Waals surface area contributed by atoms with E-state index in [4.69, 9.17) is 0 Å². The van der Waals surface area contributed by atoms with E-state index in [9.17, 15) is 9.59 Å². The molecule has 0 aromatic rings. The zero-order valence-electron chi connectivity index (χ0n) is 17.3. The average Bonchev–Trinajstić information content (AvgIpc) is 2.97. The lowest BCUT2D eigenvalue weighted by Gasteiger charge is -2.58. The quantitative estimate of drug-likeness (QED) is 0.424. The largest absolute Gasteiger partial charge is 0.303 e. The molecule has 4 unspecified atom stereocenters. The van der Waals surface area contributed by atoms with Gasteiger partial charge in [-0.25, -0.2) is 0 Å². The second-order valence-electron chi connectivity index (χ2n) is 10.1. The molecule has 27 heavy (non-hydrogen) atoms. The Hall–Kier alpha value is -1.45. The molecule has 0 saturated heterocycles. The molecule has 0 spiro atoms. The molecule has 0 N–H and O–H groups in total. The van der Waals surface area contributed by atoms with Gasteiger partial charge >= 0.3 is 0 Å². The molecule has 0 amide bonds. The first kappa shape index (κ1) is 18.9. The maximum Gasteiger partial charge on any atom is 0.166 e. The van der Waals surface area contributed by atoms with Crippen LogP contribution in [0.15, 0.2) is 16.8 Å². The van der Waals surface area contributed by atoms with Crippen molar-refractivity contribution < 1.29 is 9.59 Å². The summed E-state index contributed by atoms with van der Waals surface area (Å²) in [6, 6.07) is 0. The van der Waals surface area contributed by atoms with E-state index in [0.29, 0.717) is 23.5 Å². The molecular weight excluding hydrogens is 336 g/mol. The summed E-state index contributed by atoms with van der Waals surface area (Å²) >= 11 is 0. The molecule has 0 aromatic carbocycles. The van der Waals surface area contributed by atoms with Gasteiger partial charge in [0, 0.05) is 26.4 Å². The van der Waals surface area contributed by atoms with Crippen LogP contribution >= 0.6 is 0 Å². The topological polar surface area (TPSA) is 49.7 Å². The molecule has 148 valence electrons. The molecule has 6 atom stereocenters. The Morgan fingerprint density at radius 1 is 1.11 bits per heavy atom. The lowest BCUT2D eigenvalue weighted by atomic mass is 9.46. The number of rotatable bonds is 3. The molecular formula is C23H34N2O2. The fraction of sp³-hybridized carbons (Fsp3) is 0.783. The van der Waals surface area contributed by atoms with Gasteiger partial charge in [0.2, 0.25) is 0 Å². The van der Waals surface area contributed by atoms with Gasteiger partial charge in [0.25, 0.3) is 0 Å². The summed E-state index contributed by atoms with van der Waals surface area (Å²) in [4.78, 5) is 23.8. The first-order chi connectivity index (χ1) is 12.8. The highest BCUT2D eigenvalue weighted by atomic mass is 16.1. The number of fused-ring (bicyclic) bond motifs is 5. The molecule has 0 bridgehead atoms. The maximum absolute atomic E-state index is 12.0. The van der Waals surface area contributed by atoms with Crippen LogP contribution in [0.25, 0.3) is 0 Å². The van der Waals surface area contributed by atoms with E-state index in [-0.39, 0.29) is 10.8 Å². The normalized spacial score (nSPS) is 44.1. The van der Waals surface area contributed by atoms with Crippen molar-refractivity contribution in [2.24, 2.45) is 39.6 Å². The molecule has 0 aromatic heterocycles. The number of carbonyl (C=O) groups excluding carboxylic acids is 2. The lowest BCUT2D eigenvalue weighted by Crippen LogP contribution is -2.51. The number of ketones is 1. The molecule has 4 aliphatic carbocycles. The highest BCUT2D eigenvalue weighted by Gasteiger charge is 2.59. The van der Waals surface area contributed by atoms with Crippen molar-refractivity contribution in [2.75, 3.05) is 14.1 Å². The Kier molecular flexibility index (Phi) is 4.59. The van der Waals surface area contributed by atoms with Gasteiger partial charge in [0.1, 0.15) is 5.71 Å². The third-order valence-electron chi connectivity index (χ3n) is 8.76. The molecule has 4 rings (SSSR count). The van der Waals surface area contributed by atoms with Crippen LogP contribution in [0.3, 0.4) is 0 Å². The van der Waals surface area contributed by atoms with E-state index in [2.05, 4.69) is 18.9 Å². The van der Waals surface area contributed by atoms with Gasteiger partial charge in [0.05, 0.1) is 0 Å². The van der Waals surface area contributed by atoms with E-state index in [1.165, 1.54) is 31.3 Å². The number of aldehydes is 1. The zero-order valence-corrected chi connectivity index (χ0v) is 17.3. The minimum Gasteiger partial charge on any atom is -0.303 e. The number of nitrogens with zero attached hydrogens (tertiary/aromatic N) is 2. The number of allylic oxidation sites excluding steroid dienone is 1. The number of carbonyl (C=O) groups is 2. The lowest BCUT2D eigenvalue weighted by molar-refractivity contribution is -0.117. The van der Waals surface area contributed by atoms with Crippen LogP contribution in [-0.2, 0) is 9.59 Å². The minimum atomic E-state index is 0.193. The van der Waals surface area contributed by atoms with Crippen LogP contribution < -0.4 is 0 Å². The Morgan fingerprint density at radius 3 is 2.59 bits per heavy atom. The van der Waals surface area contributed by atoms with E-state index in [1.807, 2.05) is 20.2 Å². The Morgan fingerprint density at radius 2 is 1.89 bits per heavy atom. The molecule has 0 heterocycles.